The van der Waals surface area contributed by atoms with E-state index >= 15 is 0 Å². The number of carbonyl (C=O) groups is 3. The van der Waals surface area contributed by atoms with Crippen LogP contribution in [0.2, 0.25) is 0 Å². The van der Waals surface area contributed by atoms with Gasteiger partial charge in [-0.1, -0.05) is 13.3 Å². The zero-order valence-corrected chi connectivity index (χ0v) is 20.7. The predicted octanol–water partition coefficient (Wildman–Crippen LogP) is 4.57. The number of rotatable bonds is 11. The molecule has 2 N–H and O–H groups in total. The number of hydrogen-bond acceptors (Lipinski definition) is 7. The summed E-state index contributed by atoms with van der Waals surface area (Å²) in [6, 6.07) is 19.9. The number of esters is 1. The first-order valence-corrected chi connectivity index (χ1v) is 11.9. The maximum Gasteiger partial charge on any atom is 0.343 e. The summed E-state index contributed by atoms with van der Waals surface area (Å²) in [5.41, 5.74) is 3.65. The number of carbonyl (C=O) groups excluding carboxylic acids is 3. The highest BCUT2D eigenvalue weighted by atomic mass is 16.5. The summed E-state index contributed by atoms with van der Waals surface area (Å²) in [5, 5.41) is 6.27. The Bertz CT molecular complexity index is 1210. The predicted molar refractivity (Wildman–Crippen MR) is 140 cm³/mol. The first-order chi connectivity index (χ1) is 18.0. The van der Waals surface area contributed by atoms with Crippen molar-refractivity contribution in [1.29, 1.82) is 0 Å². The zero-order valence-electron chi connectivity index (χ0n) is 20.7. The van der Waals surface area contributed by atoms with Crippen molar-refractivity contribution >= 4 is 29.7 Å². The van der Waals surface area contributed by atoms with Crippen LogP contribution in [0.4, 0.5) is 5.69 Å². The molecule has 0 spiro atoms. The maximum atomic E-state index is 12.4. The highest BCUT2D eigenvalue weighted by molar-refractivity contribution is 6.39. The molecule has 0 saturated heterocycles. The van der Waals surface area contributed by atoms with Gasteiger partial charge < -0.3 is 19.5 Å². The number of unbranched alkanes of at least 4 members (excludes halogenated alkanes) is 1. The monoisotopic (exact) mass is 503 g/mol. The van der Waals surface area contributed by atoms with Crippen LogP contribution in [0.5, 0.6) is 17.2 Å². The molecule has 0 unspecified atom stereocenters. The van der Waals surface area contributed by atoms with E-state index in [0.717, 1.165) is 12.8 Å². The van der Waals surface area contributed by atoms with Crippen molar-refractivity contribution in [3.63, 3.8) is 0 Å². The van der Waals surface area contributed by atoms with E-state index in [1.165, 1.54) is 6.21 Å². The molecule has 0 aliphatic carbocycles. The molecule has 0 aliphatic heterocycles. The lowest BCUT2D eigenvalue weighted by molar-refractivity contribution is -0.136. The van der Waals surface area contributed by atoms with Crippen molar-refractivity contribution in [1.82, 2.24) is 5.43 Å². The van der Waals surface area contributed by atoms with Crippen molar-refractivity contribution in [2.24, 2.45) is 5.10 Å². The van der Waals surface area contributed by atoms with Gasteiger partial charge in [-0.05, 0) is 91.7 Å². The molecule has 9 heteroatoms. The second-order valence-electron chi connectivity index (χ2n) is 7.80. The van der Waals surface area contributed by atoms with Gasteiger partial charge in [0, 0.05) is 5.69 Å². The standard InChI is InChI=1S/C28H29N3O6/c1-3-5-18-36-24-14-8-21(9-15-24)28(34)37-25-12-6-20(7-13-25)19-29-31-27(33)26(32)30-22-10-16-23(17-11-22)35-4-2/h6-17,19H,3-5,18H2,1-2H3,(H,30,32)(H,31,33)/b29-19-. The molecule has 3 aromatic rings. The Morgan fingerprint density at radius 3 is 2.05 bits per heavy atom. The topological polar surface area (TPSA) is 115 Å². The summed E-state index contributed by atoms with van der Waals surface area (Å²) >= 11 is 0. The minimum Gasteiger partial charge on any atom is -0.494 e. The molecule has 0 atom stereocenters. The van der Waals surface area contributed by atoms with Crippen LogP contribution < -0.4 is 25.0 Å². The molecule has 37 heavy (non-hydrogen) atoms. The zero-order chi connectivity index (χ0) is 26.5. The van der Waals surface area contributed by atoms with E-state index in [4.69, 9.17) is 14.2 Å². The summed E-state index contributed by atoms with van der Waals surface area (Å²) in [4.78, 5) is 36.4. The van der Waals surface area contributed by atoms with Crippen molar-refractivity contribution in [2.45, 2.75) is 26.7 Å². The molecule has 0 aliphatic rings. The van der Waals surface area contributed by atoms with Gasteiger partial charge in [-0.3, -0.25) is 9.59 Å². The van der Waals surface area contributed by atoms with Gasteiger partial charge in [0.2, 0.25) is 0 Å². The first kappa shape index (κ1) is 26.9. The smallest absolute Gasteiger partial charge is 0.343 e. The Labute approximate surface area is 215 Å². The molecule has 2 amide bonds. The van der Waals surface area contributed by atoms with Gasteiger partial charge in [-0.25, -0.2) is 10.2 Å². The van der Waals surface area contributed by atoms with Crippen molar-refractivity contribution in [3.05, 3.63) is 83.9 Å². The maximum absolute atomic E-state index is 12.4. The van der Waals surface area contributed by atoms with Gasteiger partial charge in [0.25, 0.3) is 0 Å². The van der Waals surface area contributed by atoms with Crippen LogP contribution in [0.3, 0.4) is 0 Å². The Morgan fingerprint density at radius 2 is 1.41 bits per heavy atom. The molecule has 3 aromatic carbocycles. The summed E-state index contributed by atoms with van der Waals surface area (Å²) in [6.45, 7) is 5.13. The third-order valence-electron chi connectivity index (χ3n) is 4.96. The highest BCUT2D eigenvalue weighted by Crippen LogP contribution is 2.17. The Balaban J connectivity index is 1.45. The molecular weight excluding hydrogens is 474 g/mol. The summed E-state index contributed by atoms with van der Waals surface area (Å²) in [5.74, 6) is -0.551. The van der Waals surface area contributed by atoms with E-state index in [2.05, 4.69) is 22.8 Å². The average Bonchev–Trinajstić information content (AvgIpc) is 2.91. The summed E-state index contributed by atoms with van der Waals surface area (Å²) in [7, 11) is 0. The van der Waals surface area contributed by atoms with Gasteiger partial charge in [0.1, 0.15) is 17.2 Å². The van der Waals surface area contributed by atoms with Crippen molar-refractivity contribution in [2.75, 3.05) is 18.5 Å². The number of amides is 2. The fourth-order valence-corrected chi connectivity index (χ4v) is 3.01. The van der Waals surface area contributed by atoms with Crippen LogP contribution in [0.25, 0.3) is 0 Å². The number of hydrazone groups is 1. The van der Waals surface area contributed by atoms with Gasteiger partial charge in [0.05, 0.1) is 25.0 Å². The quantitative estimate of drug-likeness (QED) is 0.0989. The number of benzene rings is 3. The van der Waals surface area contributed by atoms with Crippen LogP contribution in [-0.4, -0.2) is 37.2 Å². The molecule has 0 fully saturated rings. The second kappa shape index (κ2) is 14.0. The SMILES string of the molecule is CCCCOc1ccc(C(=O)Oc2ccc(/C=N\NC(=O)C(=O)Nc3ccc(OCC)cc3)cc2)cc1. The number of nitrogens with one attached hydrogen (secondary N) is 2. The molecule has 9 nitrogen and oxygen atoms in total. The van der Waals surface area contributed by atoms with E-state index in [1.54, 1.807) is 72.8 Å². The van der Waals surface area contributed by atoms with Gasteiger partial charge in [0.15, 0.2) is 0 Å². The van der Waals surface area contributed by atoms with Gasteiger partial charge >= 0.3 is 17.8 Å². The van der Waals surface area contributed by atoms with E-state index < -0.39 is 17.8 Å². The fourth-order valence-electron chi connectivity index (χ4n) is 3.01. The molecule has 0 bridgehead atoms. The minimum absolute atomic E-state index is 0.351. The lowest BCUT2D eigenvalue weighted by Gasteiger charge is -2.07. The fraction of sp³-hybridized carbons (Fsp3) is 0.214. The lowest BCUT2D eigenvalue weighted by atomic mass is 10.2. The van der Waals surface area contributed by atoms with E-state index in [1.807, 2.05) is 6.92 Å². The molecular formula is C28H29N3O6. The van der Waals surface area contributed by atoms with Gasteiger partial charge in [-0.15, -0.1) is 0 Å². The van der Waals surface area contributed by atoms with Crippen LogP contribution in [0, 0.1) is 0 Å². The Kier molecular flexibility index (Phi) is 10.2. The normalized spacial score (nSPS) is 10.5. The average molecular weight is 504 g/mol. The molecule has 192 valence electrons. The minimum atomic E-state index is -0.919. The highest BCUT2D eigenvalue weighted by Gasteiger charge is 2.13. The largest absolute Gasteiger partial charge is 0.494 e. The molecule has 3 rings (SSSR count). The van der Waals surface area contributed by atoms with Crippen LogP contribution >= 0.6 is 0 Å². The number of hydrogen-bond donors (Lipinski definition) is 2. The van der Waals surface area contributed by atoms with Crippen LogP contribution in [-0.2, 0) is 9.59 Å². The van der Waals surface area contributed by atoms with Crippen molar-refractivity contribution in [3.8, 4) is 17.2 Å². The number of anilines is 1. The molecule has 0 radical (unpaired) electrons. The van der Waals surface area contributed by atoms with Crippen molar-refractivity contribution < 1.29 is 28.6 Å². The first-order valence-electron chi connectivity index (χ1n) is 11.9. The van der Waals surface area contributed by atoms with Gasteiger partial charge in [-0.2, -0.15) is 5.10 Å². The second-order valence-corrected chi connectivity index (χ2v) is 7.80. The molecule has 0 saturated carbocycles. The number of ether oxygens (including phenoxy) is 3. The summed E-state index contributed by atoms with van der Waals surface area (Å²) < 4.78 is 16.3. The van der Waals surface area contributed by atoms with E-state index in [-0.39, 0.29) is 0 Å². The third-order valence-corrected chi connectivity index (χ3v) is 4.96. The van der Waals surface area contributed by atoms with Crippen LogP contribution in [0.15, 0.2) is 77.9 Å². The molecule has 0 aromatic heterocycles. The van der Waals surface area contributed by atoms with E-state index in [9.17, 15) is 14.4 Å². The van der Waals surface area contributed by atoms with Crippen LogP contribution in [0.1, 0.15) is 42.6 Å². The summed E-state index contributed by atoms with van der Waals surface area (Å²) in [6.07, 6.45) is 3.38. The Hall–Kier alpha value is -4.66. The lowest BCUT2D eigenvalue weighted by Crippen LogP contribution is -2.32. The third kappa shape index (κ3) is 8.81. The Morgan fingerprint density at radius 1 is 0.784 bits per heavy atom. The molecule has 0 heterocycles. The van der Waals surface area contributed by atoms with E-state index in [0.29, 0.717) is 47.3 Å². The number of nitrogens with zero attached hydrogens (tertiary/aromatic N) is 1.